The van der Waals surface area contributed by atoms with Crippen molar-refractivity contribution >= 4 is 39.3 Å². The number of aryl methyl sites for hydroxylation is 2. The summed E-state index contributed by atoms with van der Waals surface area (Å²) in [5.74, 6) is 1.05. The number of hydrogen-bond acceptors (Lipinski definition) is 14. The third-order valence-electron chi connectivity index (χ3n) is 16.9. The molecular formula is C63H69F2N9O7. The van der Waals surface area contributed by atoms with Crippen molar-refractivity contribution in [3.8, 4) is 52.4 Å². The van der Waals surface area contributed by atoms with Gasteiger partial charge in [0.15, 0.2) is 11.6 Å². The van der Waals surface area contributed by atoms with Crippen molar-refractivity contribution in [2.45, 2.75) is 96.9 Å². The highest BCUT2D eigenvalue weighted by Gasteiger charge is 2.44. The SMILES string of the molecule is C#Cc1c(F)ccc2cc(O)cc(-c3ncc4c(N5CCC6CNC(C6)C5)nc(OCCN5CCC(COc6cc([C@H](C(=O)N7C[C@H](O)C[C@H]7C(=O)N[C@@H](C)c7ccc(-c8c(C)cccc8C)cc7)C(C)C)on6)CC5)nc4c3F)c12. The van der Waals surface area contributed by atoms with Gasteiger partial charge in [-0.25, -0.2) is 8.78 Å². The molecule has 0 radical (unpaired) electrons. The zero-order valence-corrected chi connectivity index (χ0v) is 46.4. The Morgan fingerprint density at radius 1 is 0.951 bits per heavy atom. The Hall–Kier alpha value is -7.72. The van der Waals surface area contributed by atoms with Crippen molar-refractivity contribution in [3.63, 3.8) is 0 Å². The van der Waals surface area contributed by atoms with E-state index < -0.39 is 29.7 Å². The fourth-order valence-corrected chi connectivity index (χ4v) is 12.6. The molecule has 18 heteroatoms. The molecule has 81 heavy (non-hydrogen) atoms. The number of phenolic OH excluding ortho intramolecular Hbond substituents is 1. The molecule has 16 nitrogen and oxygen atoms in total. The number of rotatable bonds is 16. The smallest absolute Gasteiger partial charge is 0.319 e. The van der Waals surface area contributed by atoms with Gasteiger partial charge in [0, 0.05) is 61.9 Å². The van der Waals surface area contributed by atoms with E-state index in [4.69, 9.17) is 25.4 Å². The summed E-state index contributed by atoms with van der Waals surface area (Å²) < 4.78 is 50.4. The van der Waals surface area contributed by atoms with E-state index >= 15 is 8.78 Å². The molecule has 6 atom stereocenters. The van der Waals surface area contributed by atoms with Gasteiger partial charge in [0.1, 0.15) is 47.2 Å². The predicted octanol–water partition coefficient (Wildman–Crippen LogP) is 9.02. The van der Waals surface area contributed by atoms with Crippen LogP contribution in [0.1, 0.15) is 92.8 Å². The van der Waals surface area contributed by atoms with E-state index in [1.54, 1.807) is 6.07 Å². The monoisotopic (exact) mass is 1100 g/mol. The number of amides is 2. The van der Waals surface area contributed by atoms with Crippen molar-refractivity contribution in [3.05, 3.63) is 119 Å². The highest BCUT2D eigenvalue weighted by atomic mass is 19.1. The van der Waals surface area contributed by atoms with Crippen molar-refractivity contribution in [2.75, 3.05) is 63.9 Å². The van der Waals surface area contributed by atoms with Gasteiger partial charge in [0.25, 0.3) is 5.88 Å². The first-order valence-corrected chi connectivity index (χ1v) is 28.3. The van der Waals surface area contributed by atoms with E-state index in [1.807, 2.05) is 32.9 Å². The largest absolute Gasteiger partial charge is 0.508 e. The van der Waals surface area contributed by atoms with E-state index in [0.29, 0.717) is 54.5 Å². The number of ether oxygens (including phenoxy) is 2. The lowest BCUT2D eigenvalue weighted by Crippen LogP contribution is -2.48. The predicted molar refractivity (Wildman–Crippen MR) is 305 cm³/mol. The van der Waals surface area contributed by atoms with Crippen molar-refractivity contribution in [1.29, 1.82) is 0 Å². The number of phenols is 1. The quantitative estimate of drug-likeness (QED) is 0.0671. The number of halogens is 2. The summed E-state index contributed by atoms with van der Waals surface area (Å²) in [7, 11) is 0. The second kappa shape index (κ2) is 23.4. The number of β-amino-alcohol motifs (C(OH)–C–C–N with tert-alkyl or cyclic N) is 1. The van der Waals surface area contributed by atoms with Crippen LogP contribution in [0.4, 0.5) is 14.6 Å². The highest BCUT2D eigenvalue weighted by Crippen LogP contribution is 2.40. The molecule has 4 aliphatic heterocycles. The number of aliphatic hydroxyl groups excluding tert-OH is 1. The topological polar surface area (TPSA) is 192 Å². The molecule has 0 saturated carbocycles. The number of nitrogens with zero attached hydrogens (tertiary/aromatic N) is 7. The summed E-state index contributed by atoms with van der Waals surface area (Å²) in [4.78, 5) is 48.3. The third kappa shape index (κ3) is 11.5. The van der Waals surface area contributed by atoms with Crippen LogP contribution in [0.25, 0.3) is 44.1 Å². The maximum Gasteiger partial charge on any atom is 0.319 e. The van der Waals surface area contributed by atoms with E-state index in [0.717, 1.165) is 56.4 Å². The molecule has 4 N–H and O–H groups in total. The van der Waals surface area contributed by atoms with E-state index in [-0.39, 0.29) is 101 Å². The van der Waals surface area contributed by atoms with E-state index in [1.165, 1.54) is 52.1 Å². The van der Waals surface area contributed by atoms with Gasteiger partial charge in [-0.3, -0.25) is 19.5 Å². The number of aromatic nitrogens is 4. The van der Waals surface area contributed by atoms with Gasteiger partial charge in [0.05, 0.1) is 29.7 Å². The lowest BCUT2D eigenvalue weighted by Gasteiger charge is -2.31. The van der Waals surface area contributed by atoms with Crippen LogP contribution in [0.15, 0.2) is 83.5 Å². The molecule has 4 saturated heterocycles. The summed E-state index contributed by atoms with van der Waals surface area (Å²) in [5, 5.41) is 33.5. The van der Waals surface area contributed by atoms with Gasteiger partial charge in [-0.2, -0.15) is 9.97 Å². The zero-order chi connectivity index (χ0) is 56.6. The number of carbonyl (C=O) groups excluding carboxylic acids is 2. The average Bonchev–Trinajstić information content (AvgIpc) is 4.24. The number of aliphatic hydroxyl groups is 1. The Kier molecular flexibility index (Phi) is 15.9. The van der Waals surface area contributed by atoms with E-state index in [9.17, 15) is 19.8 Å². The fraction of sp³-hybridized carbons (Fsp3) is 0.429. The number of fused-ring (bicyclic) bond motifs is 4. The van der Waals surface area contributed by atoms with Crippen LogP contribution in [0.2, 0.25) is 0 Å². The number of carbonyl (C=O) groups is 2. The van der Waals surface area contributed by atoms with Crippen LogP contribution in [0, 0.1) is 55.6 Å². The van der Waals surface area contributed by atoms with Gasteiger partial charge in [0.2, 0.25) is 11.8 Å². The molecule has 422 valence electrons. The molecule has 0 aliphatic carbocycles. The molecule has 3 aromatic heterocycles. The Balaban J connectivity index is 0.706. The molecule has 4 aromatic carbocycles. The third-order valence-corrected chi connectivity index (χ3v) is 16.9. The molecule has 11 rings (SSSR count). The first-order chi connectivity index (χ1) is 39.1. The van der Waals surface area contributed by atoms with Crippen LogP contribution in [-0.2, 0) is 9.59 Å². The number of nitrogens with one attached hydrogen (secondary N) is 2. The Morgan fingerprint density at radius 2 is 1.73 bits per heavy atom. The van der Waals surface area contributed by atoms with Crippen molar-refractivity contribution in [1.82, 2.24) is 40.5 Å². The first kappa shape index (κ1) is 55.2. The van der Waals surface area contributed by atoms with Crippen molar-refractivity contribution in [2.24, 2.45) is 17.8 Å². The minimum absolute atomic E-state index is 0.0127. The Bertz CT molecular complexity index is 3500. The summed E-state index contributed by atoms with van der Waals surface area (Å²) in [5.41, 5.74) is 5.52. The maximum absolute atomic E-state index is 17.1. The Labute approximate surface area is 470 Å². The number of pyridine rings is 1. The second-order valence-electron chi connectivity index (χ2n) is 22.9. The molecule has 7 aromatic rings. The second-order valence-corrected chi connectivity index (χ2v) is 22.9. The number of terminal acetylenes is 1. The van der Waals surface area contributed by atoms with Gasteiger partial charge in [-0.15, -0.1) is 6.42 Å². The number of benzene rings is 4. The van der Waals surface area contributed by atoms with Crippen LogP contribution in [0.5, 0.6) is 17.6 Å². The Morgan fingerprint density at radius 3 is 2.48 bits per heavy atom. The molecule has 4 aliphatic rings. The van der Waals surface area contributed by atoms with E-state index in [2.05, 4.69) is 85.7 Å². The minimum atomic E-state index is -0.863. The van der Waals surface area contributed by atoms with Crippen LogP contribution >= 0.6 is 0 Å². The molecule has 2 amide bonds. The normalized spacial score (nSPS) is 20.4. The maximum atomic E-state index is 17.1. The lowest BCUT2D eigenvalue weighted by atomic mass is 9.91. The van der Waals surface area contributed by atoms with Gasteiger partial charge in [-0.1, -0.05) is 68.3 Å². The molecule has 2 unspecified atom stereocenters. The lowest BCUT2D eigenvalue weighted by molar-refractivity contribution is -0.141. The number of likely N-dealkylation sites (tertiary alicyclic amines) is 2. The van der Waals surface area contributed by atoms with Crippen LogP contribution in [0.3, 0.4) is 0 Å². The standard InChI is InChI=1S/C63H69F2N9O7/c1-7-47-50(64)16-15-43-26-45(75)27-48(56(43)47)58-57(65)59-49(31-67-58)60(73-22-19-40-25-44(32-73)66-30-40)70-63(69-59)79-24-23-72-20-17-39(18-21-72)34-80-53-29-52(81-71-53)54(35(2)3)62(78)74-33-46(76)28-51(74)61(77)68-38(6)41-11-13-42(14-12-41)55-36(4)9-8-10-37(55)5/h1,8-16,26-27,29,31,35,38-40,44,46,51,54,66,75-76H,17-25,28,30,32-34H2,2-6H3,(H,68,77)/t38-,40?,44?,46+,51-,54+/m0/s1. The summed E-state index contributed by atoms with van der Waals surface area (Å²) in [6.07, 6.45) is 10.2. The number of piperidine rings is 1. The minimum Gasteiger partial charge on any atom is -0.508 e. The summed E-state index contributed by atoms with van der Waals surface area (Å²) in [6.45, 7) is 15.0. The highest BCUT2D eigenvalue weighted by molar-refractivity contribution is 6.03. The number of anilines is 1. The summed E-state index contributed by atoms with van der Waals surface area (Å²) >= 11 is 0. The first-order valence-electron chi connectivity index (χ1n) is 28.3. The fourth-order valence-electron chi connectivity index (χ4n) is 12.6. The van der Waals surface area contributed by atoms with Gasteiger partial charge < -0.3 is 44.6 Å². The molecule has 2 bridgehead atoms. The van der Waals surface area contributed by atoms with Gasteiger partial charge >= 0.3 is 6.01 Å². The number of hydrogen-bond donors (Lipinski definition) is 4. The molecule has 0 spiro atoms. The zero-order valence-electron chi connectivity index (χ0n) is 46.4. The summed E-state index contributed by atoms with van der Waals surface area (Å²) in [6, 6.07) is 20.6. The van der Waals surface area contributed by atoms with Crippen LogP contribution < -0.4 is 25.0 Å². The van der Waals surface area contributed by atoms with Crippen molar-refractivity contribution < 1.29 is 42.6 Å². The average molecular weight is 1100 g/mol. The number of aromatic hydroxyl groups is 1. The van der Waals surface area contributed by atoms with Crippen LogP contribution in [-0.4, -0.2) is 129 Å². The molecule has 7 heterocycles. The molecule has 4 fully saturated rings. The molecular weight excluding hydrogens is 1030 g/mol. The van der Waals surface area contributed by atoms with Gasteiger partial charge in [-0.05, 0) is 140 Å².